The van der Waals surface area contributed by atoms with Crippen LogP contribution in [0.5, 0.6) is 5.75 Å². The maximum Gasteiger partial charge on any atom is 0.271 e. The SMILES string of the molecule is O=C(NC1COc2ccccc21)c1cnc2sc(Cc3ccccc3)cn2c1=O. The van der Waals surface area contributed by atoms with E-state index in [-0.39, 0.29) is 17.2 Å². The summed E-state index contributed by atoms with van der Waals surface area (Å²) < 4.78 is 7.05. The highest BCUT2D eigenvalue weighted by Gasteiger charge is 2.26. The largest absolute Gasteiger partial charge is 0.491 e. The van der Waals surface area contributed by atoms with Crippen LogP contribution in [0.1, 0.15) is 32.4 Å². The second-order valence-electron chi connectivity index (χ2n) is 6.86. The number of ether oxygens (including phenoxy) is 1. The second-order valence-corrected chi connectivity index (χ2v) is 7.96. The first kappa shape index (κ1) is 17.6. The fourth-order valence-electron chi connectivity index (χ4n) is 3.48. The van der Waals surface area contributed by atoms with Gasteiger partial charge in [-0.1, -0.05) is 48.5 Å². The van der Waals surface area contributed by atoms with Crippen molar-refractivity contribution in [2.45, 2.75) is 12.5 Å². The van der Waals surface area contributed by atoms with Crippen LogP contribution < -0.4 is 15.6 Å². The molecule has 29 heavy (non-hydrogen) atoms. The molecule has 1 unspecified atom stereocenters. The summed E-state index contributed by atoms with van der Waals surface area (Å²) in [7, 11) is 0. The van der Waals surface area contributed by atoms with E-state index < -0.39 is 5.91 Å². The summed E-state index contributed by atoms with van der Waals surface area (Å²) >= 11 is 1.45. The average molecular weight is 403 g/mol. The standard InChI is InChI=1S/C22H17N3O3S/c26-20(24-18-13-28-19-9-5-4-8-16(18)19)17-11-23-22-25(21(17)27)12-15(29-22)10-14-6-2-1-3-7-14/h1-9,11-12,18H,10,13H2,(H,24,26). The Morgan fingerprint density at radius 2 is 1.97 bits per heavy atom. The number of hydrogen-bond acceptors (Lipinski definition) is 5. The molecule has 1 N–H and O–H groups in total. The van der Waals surface area contributed by atoms with Gasteiger partial charge in [-0.3, -0.25) is 14.0 Å². The van der Waals surface area contributed by atoms with Gasteiger partial charge in [0, 0.05) is 29.3 Å². The number of para-hydroxylation sites is 1. The fraction of sp³-hybridized carbons (Fsp3) is 0.136. The number of rotatable bonds is 4. The summed E-state index contributed by atoms with van der Waals surface area (Å²) in [4.78, 5) is 31.6. The van der Waals surface area contributed by atoms with Crippen molar-refractivity contribution in [1.82, 2.24) is 14.7 Å². The average Bonchev–Trinajstić information content (AvgIpc) is 3.33. The monoisotopic (exact) mass is 403 g/mol. The molecule has 7 heteroatoms. The quantitative estimate of drug-likeness (QED) is 0.568. The third-order valence-corrected chi connectivity index (χ3v) is 5.92. The van der Waals surface area contributed by atoms with Crippen LogP contribution in [0.3, 0.4) is 0 Å². The Bertz CT molecular complexity index is 1260. The Kier molecular flexibility index (Phi) is 4.37. The van der Waals surface area contributed by atoms with E-state index in [9.17, 15) is 9.59 Å². The molecule has 0 fully saturated rings. The Hall–Kier alpha value is -3.45. The lowest BCUT2D eigenvalue weighted by atomic mass is 10.1. The lowest BCUT2D eigenvalue weighted by Crippen LogP contribution is -2.34. The van der Waals surface area contributed by atoms with Gasteiger partial charge in [-0.2, -0.15) is 0 Å². The van der Waals surface area contributed by atoms with Crippen LogP contribution in [0.25, 0.3) is 4.96 Å². The summed E-state index contributed by atoms with van der Waals surface area (Å²) in [6.07, 6.45) is 3.84. The summed E-state index contributed by atoms with van der Waals surface area (Å²) in [5, 5.41) is 2.89. The highest BCUT2D eigenvalue weighted by atomic mass is 32.1. The van der Waals surface area contributed by atoms with Crippen molar-refractivity contribution < 1.29 is 9.53 Å². The smallest absolute Gasteiger partial charge is 0.271 e. The van der Waals surface area contributed by atoms with Crippen molar-refractivity contribution in [3.8, 4) is 5.75 Å². The van der Waals surface area contributed by atoms with Gasteiger partial charge in [0.05, 0.1) is 6.04 Å². The number of thiazole rings is 1. The number of fused-ring (bicyclic) bond motifs is 2. The predicted molar refractivity (Wildman–Crippen MR) is 111 cm³/mol. The molecule has 1 aliphatic heterocycles. The molecular weight excluding hydrogens is 386 g/mol. The summed E-state index contributed by atoms with van der Waals surface area (Å²) in [6, 6.07) is 17.3. The summed E-state index contributed by atoms with van der Waals surface area (Å²) in [5.41, 5.74) is 1.73. The molecule has 5 rings (SSSR count). The van der Waals surface area contributed by atoms with E-state index in [1.165, 1.54) is 21.9 Å². The lowest BCUT2D eigenvalue weighted by Gasteiger charge is -2.11. The van der Waals surface area contributed by atoms with Crippen molar-refractivity contribution in [2.24, 2.45) is 0 Å². The molecule has 1 atom stereocenters. The molecule has 0 aliphatic carbocycles. The van der Waals surface area contributed by atoms with Crippen LogP contribution in [0.15, 0.2) is 71.8 Å². The zero-order valence-electron chi connectivity index (χ0n) is 15.4. The topological polar surface area (TPSA) is 72.7 Å². The van der Waals surface area contributed by atoms with Gasteiger partial charge >= 0.3 is 0 Å². The van der Waals surface area contributed by atoms with E-state index in [0.29, 0.717) is 18.0 Å². The van der Waals surface area contributed by atoms with Crippen molar-refractivity contribution in [3.05, 3.63) is 98.9 Å². The minimum Gasteiger partial charge on any atom is -0.491 e. The number of carbonyl (C=O) groups is 1. The molecule has 0 spiro atoms. The highest BCUT2D eigenvalue weighted by molar-refractivity contribution is 7.17. The Morgan fingerprint density at radius 3 is 2.83 bits per heavy atom. The zero-order chi connectivity index (χ0) is 19.8. The number of nitrogens with one attached hydrogen (secondary N) is 1. The molecule has 2 aromatic heterocycles. The normalized spacial score (nSPS) is 15.1. The van der Waals surface area contributed by atoms with Gasteiger partial charge in [0.1, 0.15) is 17.9 Å². The molecule has 4 aromatic rings. The summed E-state index contributed by atoms with van der Waals surface area (Å²) in [5.74, 6) is 0.310. The van der Waals surface area contributed by atoms with E-state index in [0.717, 1.165) is 21.8 Å². The number of hydrogen-bond donors (Lipinski definition) is 1. The van der Waals surface area contributed by atoms with Crippen molar-refractivity contribution >= 4 is 22.2 Å². The van der Waals surface area contributed by atoms with Crippen molar-refractivity contribution in [1.29, 1.82) is 0 Å². The Morgan fingerprint density at radius 1 is 1.17 bits per heavy atom. The van der Waals surface area contributed by atoms with Crippen LogP contribution in [0.2, 0.25) is 0 Å². The predicted octanol–water partition coefficient (Wildman–Crippen LogP) is 3.21. The van der Waals surface area contributed by atoms with Crippen LogP contribution in [-0.2, 0) is 6.42 Å². The zero-order valence-corrected chi connectivity index (χ0v) is 16.2. The minimum absolute atomic E-state index is 0.0240. The van der Waals surface area contributed by atoms with Gasteiger partial charge in [-0.15, -0.1) is 11.3 Å². The number of amides is 1. The molecule has 0 saturated carbocycles. The molecule has 0 bridgehead atoms. The molecule has 1 amide bonds. The first-order valence-corrected chi connectivity index (χ1v) is 10.1. The number of benzene rings is 2. The first-order chi connectivity index (χ1) is 14.2. The van der Waals surface area contributed by atoms with Gasteiger partial charge in [-0.25, -0.2) is 4.98 Å². The summed E-state index contributed by atoms with van der Waals surface area (Å²) in [6.45, 7) is 0.349. The molecule has 0 saturated heterocycles. The van der Waals surface area contributed by atoms with Crippen LogP contribution >= 0.6 is 11.3 Å². The maximum absolute atomic E-state index is 12.9. The van der Waals surface area contributed by atoms with E-state index in [1.54, 1.807) is 6.20 Å². The molecule has 144 valence electrons. The molecule has 2 aromatic carbocycles. The van der Waals surface area contributed by atoms with Gasteiger partial charge in [0.25, 0.3) is 11.5 Å². The third-order valence-electron chi connectivity index (χ3n) is 4.93. The Balaban J connectivity index is 1.41. The fourth-order valence-corrected chi connectivity index (χ4v) is 4.45. The maximum atomic E-state index is 12.9. The number of aromatic nitrogens is 2. The van der Waals surface area contributed by atoms with Gasteiger partial charge in [0.15, 0.2) is 4.96 Å². The number of nitrogens with zero attached hydrogens (tertiary/aromatic N) is 2. The third kappa shape index (κ3) is 3.30. The molecule has 0 radical (unpaired) electrons. The van der Waals surface area contributed by atoms with Crippen LogP contribution in [0, 0.1) is 0 Å². The van der Waals surface area contributed by atoms with Crippen LogP contribution in [0.4, 0.5) is 0 Å². The van der Waals surface area contributed by atoms with E-state index in [1.807, 2.05) is 54.6 Å². The van der Waals surface area contributed by atoms with E-state index >= 15 is 0 Å². The molecule has 6 nitrogen and oxygen atoms in total. The minimum atomic E-state index is -0.446. The van der Waals surface area contributed by atoms with Crippen LogP contribution in [-0.4, -0.2) is 21.9 Å². The van der Waals surface area contributed by atoms with Crippen molar-refractivity contribution in [3.63, 3.8) is 0 Å². The Labute approximate surface area is 170 Å². The molecule has 3 heterocycles. The lowest BCUT2D eigenvalue weighted by molar-refractivity contribution is 0.0928. The van der Waals surface area contributed by atoms with E-state index in [4.69, 9.17) is 4.74 Å². The van der Waals surface area contributed by atoms with Gasteiger partial charge < -0.3 is 10.1 Å². The first-order valence-electron chi connectivity index (χ1n) is 9.25. The van der Waals surface area contributed by atoms with Crippen molar-refractivity contribution in [2.75, 3.05) is 6.61 Å². The van der Waals surface area contributed by atoms with Gasteiger partial charge in [0.2, 0.25) is 0 Å². The van der Waals surface area contributed by atoms with E-state index in [2.05, 4.69) is 10.3 Å². The molecular formula is C22H17N3O3S. The number of carbonyl (C=O) groups excluding carboxylic acids is 1. The van der Waals surface area contributed by atoms with Gasteiger partial charge in [-0.05, 0) is 11.6 Å². The highest BCUT2D eigenvalue weighted by Crippen LogP contribution is 2.31. The second kappa shape index (κ2) is 7.18. The molecule has 1 aliphatic rings.